The fourth-order valence-electron chi connectivity index (χ4n) is 2.53. The molecule has 6 heteroatoms. The molecule has 0 fully saturated rings. The van der Waals surface area contributed by atoms with E-state index in [-0.39, 0.29) is 0 Å². The van der Waals surface area contributed by atoms with Crippen molar-refractivity contribution in [3.8, 4) is 34.3 Å². The van der Waals surface area contributed by atoms with Gasteiger partial charge in [0.25, 0.3) is 0 Å². The number of aryl methyl sites for hydroxylation is 2. The first-order chi connectivity index (χ1) is 12.0. The van der Waals surface area contributed by atoms with Crippen LogP contribution in [0.1, 0.15) is 11.4 Å². The SMILES string of the molecule is COc1cc(C)nc(-c2cc(Cl)cc(-c3cc(OC)cc(C)n3)n2)c1. The molecular weight excluding hydrogens is 338 g/mol. The summed E-state index contributed by atoms with van der Waals surface area (Å²) in [5.74, 6) is 1.45. The van der Waals surface area contributed by atoms with Gasteiger partial charge in [0, 0.05) is 40.7 Å². The molecule has 0 radical (unpaired) electrons. The summed E-state index contributed by atoms with van der Waals surface area (Å²) in [4.78, 5) is 13.8. The van der Waals surface area contributed by atoms with Crippen LogP contribution >= 0.6 is 11.6 Å². The van der Waals surface area contributed by atoms with Gasteiger partial charge in [0.05, 0.1) is 37.0 Å². The van der Waals surface area contributed by atoms with Crippen LogP contribution in [-0.4, -0.2) is 29.2 Å². The zero-order chi connectivity index (χ0) is 18.0. The van der Waals surface area contributed by atoms with Crippen LogP contribution in [0.5, 0.6) is 11.5 Å². The Morgan fingerprint density at radius 2 is 1.04 bits per heavy atom. The van der Waals surface area contributed by atoms with Crippen LogP contribution in [0.25, 0.3) is 22.8 Å². The van der Waals surface area contributed by atoms with Crippen LogP contribution < -0.4 is 9.47 Å². The minimum Gasteiger partial charge on any atom is -0.497 e. The maximum absolute atomic E-state index is 6.32. The smallest absolute Gasteiger partial charge is 0.122 e. The number of hydrogen-bond donors (Lipinski definition) is 0. The van der Waals surface area contributed by atoms with Gasteiger partial charge in [-0.1, -0.05) is 11.6 Å². The summed E-state index contributed by atoms with van der Waals surface area (Å²) in [6, 6.07) is 10.9. The summed E-state index contributed by atoms with van der Waals surface area (Å²) in [7, 11) is 3.25. The molecule has 0 saturated carbocycles. The van der Waals surface area contributed by atoms with Crippen LogP contribution in [0.2, 0.25) is 5.02 Å². The molecule has 0 aliphatic heterocycles. The van der Waals surface area contributed by atoms with Gasteiger partial charge in [-0.2, -0.15) is 0 Å². The summed E-state index contributed by atoms with van der Waals surface area (Å²) >= 11 is 6.32. The minimum absolute atomic E-state index is 0.560. The summed E-state index contributed by atoms with van der Waals surface area (Å²) in [5, 5.41) is 0.560. The number of hydrogen-bond acceptors (Lipinski definition) is 5. The molecular formula is C19H18ClN3O2. The minimum atomic E-state index is 0.560. The van der Waals surface area contributed by atoms with Gasteiger partial charge < -0.3 is 9.47 Å². The van der Waals surface area contributed by atoms with Gasteiger partial charge in [0.15, 0.2) is 0 Å². The van der Waals surface area contributed by atoms with Crippen LogP contribution in [0, 0.1) is 13.8 Å². The third-order valence-electron chi connectivity index (χ3n) is 3.64. The number of nitrogens with zero attached hydrogens (tertiary/aromatic N) is 3. The second-order valence-electron chi connectivity index (χ2n) is 5.62. The number of halogens is 1. The molecule has 0 N–H and O–H groups in total. The predicted octanol–water partition coefficient (Wildman–Crippen LogP) is 4.49. The van der Waals surface area contributed by atoms with Gasteiger partial charge in [0.1, 0.15) is 11.5 Å². The van der Waals surface area contributed by atoms with Crippen molar-refractivity contribution in [1.29, 1.82) is 0 Å². The van der Waals surface area contributed by atoms with E-state index in [1.165, 1.54) is 0 Å². The first-order valence-corrected chi connectivity index (χ1v) is 8.10. The molecule has 25 heavy (non-hydrogen) atoms. The lowest BCUT2D eigenvalue weighted by Gasteiger charge is -2.09. The maximum Gasteiger partial charge on any atom is 0.122 e. The Morgan fingerprint density at radius 1 is 0.640 bits per heavy atom. The summed E-state index contributed by atoms with van der Waals surface area (Å²) < 4.78 is 10.6. The van der Waals surface area contributed by atoms with Crippen LogP contribution in [0.3, 0.4) is 0 Å². The van der Waals surface area contributed by atoms with E-state index in [2.05, 4.69) is 15.0 Å². The maximum atomic E-state index is 6.32. The van der Waals surface area contributed by atoms with E-state index < -0.39 is 0 Å². The zero-order valence-electron chi connectivity index (χ0n) is 14.5. The van der Waals surface area contributed by atoms with Gasteiger partial charge in [-0.3, -0.25) is 9.97 Å². The van der Waals surface area contributed by atoms with Gasteiger partial charge >= 0.3 is 0 Å². The Balaban J connectivity index is 2.13. The van der Waals surface area contributed by atoms with Crippen LogP contribution in [0.15, 0.2) is 36.4 Å². The Labute approximate surface area is 151 Å². The van der Waals surface area contributed by atoms with Gasteiger partial charge in [0.2, 0.25) is 0 Å². The highest BCUT2D eigenvalue weighted by molar-refractivity contribution is 6.31. The first kappa shape index (κ1) is 17.2. The molecule has 0 aromatic carbocycles. The second kappa shape index (κ2) is 7.07. The van der Waals surface area contributed by atoms with Crippen molar-refractivity contribution in [3.63, 3.8) is 0 Å². The number of ether oxygens (including phenoxy) is 2. The van der Waals surface area contributed by atoms with Crippen molar-refractivity contribution in [2.45, 2.75) is 13.8 Å². The Kier molecular flexibility index (Phi) is 4.86. The molecule has 0 bridgehead atoms. The highest BCUT2D eigenvalue weighted by Crippen LogP contribution is 2.29. The molecule has 0 aliphatic rings. The Morgan fingerprint density at radius 3 is 1.44 bits per heavy atom. The normalized spacial score (nSPS) is 10.6. The van der Waals surface area contributed by atoms with Gasteiger partial charge in [-0.15, -0.1) is 0 Å². The molecule has 0 saturated heterocycles. The van der Waals surface area contributed by atoms with E-state index in [4.69, 9.17) is 21.1 Å². The van der Waals surface area contributed by atoms with Crippen molar-refractivity contribution in [1.82, 2.24) is 15.0 Å². The summed E-state index contributed by atoms with van der Waals surface area (Å²) in [6.45, 7) is 3.81. The first-order valence-electron chi connectivity index (χ1n) is 7.72. The van der Waals surface area contributed by atoms with E-state index in [0.717, 1.165) is 22.9 Å². The molecule has 0 unspecified atom stereocenters. The topological polar surface area (TPSA) is 57.1 Å². The fraction of sp³-hybridized carbons (Fsp3) is 0.211. The Bertz CT molecular complexity index is 857. The van der Waals surface area contributed by atoms with Crippen LogP contribution in [-0.2, 0) is 0 Å². The van der Waals surface area contributed by atoms with Crippen molar-refractivity contribution in [2.75, 3.05) is 14.2 Å². The number of rotatable bonds is 4. The average molecular weight is 356 g/mol. The monoisotopic (exact) mass is 355 g/mol. The lowest BCUT2D eigenvalue weighted by atomic mass is 10.1. The average Bonchev–Trinajstić information content (AvgIpc) is 2.60. The van der Waals surface area contributed by atoms with E-state index in [1.807, 2.05) is 38.1 Å². The molecule has 128 valence electrons. The van der Waals surface area contributed by atoms with E-state index in [9.17, 15) is 0 Å². The van der Waals surface area contributed by atoms with Crippen LogP contribution in [0.4, 0.5) is 0 Å². The number of pyridine rings is 3. The van der Waals surface area contributed by atoms with E-state index in [0.29, 0.717) is 27.8 Å². The van der Waals surface area contributed by atoms with E-state index in [1.54, 1.807) is 26.4 Å². The van der Waals surface area contributed by atoms with Crippen molar-refractivity contribution >= 4 is 11.6 Å². The second-order valence-corrected chi connectivity index (χ2v) is 6.06. The predicted molar refractivity (Wildman–Crippen MR) is 98.3 cm³/mol. The van der Waals surface area contributed by atoms with Crippen molar-refractivity contribution < 1.29 is 9.47 Å². The summed E-state index contributed by atoms with van der Waals surface area (Å²) in [6.07, 6.45) is 0. The van der Waals surface area contributed by atoms with Gasteiger partial charge in [-0.05, 0) is 26.0 Å². The molecule has 0 spiro atoms. The number of methoxy groups -OCH3 is 2. The molecule has 3 heterocycles. The quantitative estimate of drug-likeness (QED) is 0.690. The molecule has 0 amide bonds. The van der Waals surface area contributed by atoms with E-state index >= 15 is 0 Å². The highest BCUT2D eigenvalue weighted by Gasteiger charge is 2.11. The highest BCUT2D eigenvalue weighted by atomic mass is 35.5. The zero-order valence-corrected chi connectivity index (χ0v) is 15.3. The molecule has 5 nitrogen and oxygen atoms in total. The largest absolute Gasteiger partial charge is 0.497 e. The van der Waals surface area contributed by atoms with Crippen molar-refractivity contribution in [2.24, 2.45) is 0 Å². The molecule has 3 aromatic rings. The third-order valence-corrected chi connectivity index (χ3v) is 3.86. The number of aromatic nitrogens is 3. The third kappa shape index (κ3) is 3.88. The molecule has 3 aromatic heterocycles. The summed E-state index contributed by atoms with van der Waals surface area (Å²) in [5.41, 5.74) is 4.39. The fourth-order valence-corrected chi connectivity index (χ4v) is 2.74. The Hall–Kier alpha value is -2.66. The van der Waals surface area contributed by atoms with Gasteiger partial charge in [-0.25, -0.2) is 4.98 Å². The molecule has 0 atom stereocenters. The molecule has 3 rings (SSSR count). The standard InChI is InChI=1S/C19H18ClN3O2/c1-11-5-14(24-3)9-18(21-11)16-7-13(20)8-17(23-16)19-10-15(25-4)6-12(2)22-19/h5-10H,1-4H3. The lowest BCUT2D eigenvalue weighted by Crippen LogP contribution is -1.96. The molecule has 0 aliphatic carbocycles. The lowest BCUT2D eigenvalue weighted by molar-refractivity contribution is 0.414. The van der Waals surface area contributed by atoms with Crippen molar-refractivity contribution in [3.05, 3.63) is 52.8 Å².